The fourth-order valence-electron chi connectivity index (χ4n) is 2.99. The van der Waals surface area contributed by atoms with Crippen molar-refractivity contribution in [2.24, 2.45) is 17.8 Å². The van der Waals surface area contributed by atoms with Gasteiger partial charge in [0.2, 0.25) is 0 Å². The lowest BCUT2D eigenvalue weighted by molar-refractivity contribution is -0.166. The van der Waals surface area contributed by atoms with Gasteiger partial charge in [-0.05, 0) is 50.0 Å². The first-order valence-corrected chi connectivity index (χ1v) is 8.76. The molecule has 1 aliphatic carbocycles. The second-order valence-corrected chi connectivity index (χ2v) is 6.83. The fraction of sp³-hybridized carbons (Fsp3) is 0.737. The summed E-state index contributed by atoms with van der Waals surface area (Å²) in [5.41, 5.74) is 0. The molecule has 124 valence electrons. The summed E-state index contributed by atoms with van der Waals surface area (Å²) in [6.07, 6.45) is 14.1. The summed E-state index contributed by atoms with van der Waals surface area (Å²) in [6.45, 7) is 5.93. The fourth-order valence-corrected chi connectivity index (χ4v) is 2.99. The molecule has 1 aliphatic heterocycles. The van der Waals surface area contributed by atoms with E-state index >= 15 is 0 Å². The van der Waals surface area contributed by atoms with Gasteiger partial charge in [0.1, 0.15) is 0 Å². The van der Waals surface area contributed by atoms with Crippen LogP contribution in [-0.2, 0) is 14.3 Å². The van der Waals surface area contributed by atoms with Gasteiger partial charge in [-0.3, -0.25) is 4.79 Å². The van der Waals surface area contributed by atoms with Crippen LogP contribution in [0.15, 0.2) is 24.3 Å². The molecule has 0 spiro atoms. The van der Waals surface area contributed by atoms with Crippen molar-refractivity contribution in [1.82, 2.24) is 0 Å². The molecule has 1 fully saturated rings. The van der Waals surface area contributed by atoms with Crippen LogP contribution in [-0.4, -0.2) is 25.3 Å². The van der Waals surface area contributed by atoms with Gasteiger partial charge in [0.15, 0.2) is 12.1 Å². The number of carbonyl (C=O) groups excluding carboxylic acids is 1. The number of allylic oxidation sites excluding steroid dienone is 3. The van der Waals surface area contributed by atoms with Crippen LogP contribution in [0.4, 0.5) is 0 Å². The van der Waals surface area contributed by atoms with Crippen LogP contribution in [0.5, 0.6) is 0 Å². The average molecular weight is 306 g/mol. The van der Waals surface area contributed by atoms with E-state index in [1.807, 2.05) is 6.08 Å². The summed E-state index contributed by atoms with van der Waals surface area (Å²) >= 11 is 0. The Morgan fingerprint density at radius 3 is 2.86 bits per heavy atom. The molecule has 0 aromatic carbocycles. The summed E-state index contributed by atoms with van der Waals surface area (Å²) in [5, 5.41) is 0. The van der Waals surface area contributed by atoms with Crippen molar-refractivity contribution in [3.8, 4) is 0 Å². The van der Waals surface area contributed by atoms with Gasteiger partial charge in [-0.2, -0.15) is 0 Å². The Kier molecular flexibility index (Phi) is 7.34. The van der Waals surface area contributed by atoms with Gasteiger partial charge < -0.3 is 9.47 Å². The Hall–Kier alpha value is -0.930. The third-order valence-corrected chi connectivity index (χ3v) is 4.59. The predicted octanol–water partition coefficient (Wildman–Crippen LogP) is 4.28. The third-order valence-electron chi connectivity index (χ3n) is 4.59. The lowest BCUT2D eigenvalue weighted by atomic mass is 9.88. The molecule has 0 saturated carbocycles. The minimum Gasteiger partial charge on any atom is -0.353 e. The van der Waals surface area contributed by atoms with Gasteiger partial charge in [0.05, 0.1) is 6.61 Å². The molecule has 3 unspecified atom stereocenters. The van der Waals surface area contributed by atoms with Crippen molar-refractivity contribution in [2.75, 3.05) is 13.2 Å². The normalized spacial score (nSPS) is 30.7. The quantitative estimate of drug-likeness (QED) is 0.727. The third kappa shape index (κ3) is 6.05. The Morgan fingerprint density at radius 2 is 2.14 bits per heavy atom. The van der Waals surface area contributed by atoms with Crippen molar-refractivity contribution < 1.29 is 14.3 Å². The van der Waals surface area contributed by atoms with Crippen molar-refractivity contribution >= 4 is 5.78 Å². The topological polar surface area (TPSA) is 35.5 Å². The molecule has 2 aliphatic rings. The highest BCUT2D eigenvalue weighted by atomic mass is 16.7. The Morgan fingerprint density at radius 1 is 1.27 bits per heavy atom. The number of carbonyl (C=O) groups is 1. The zero-order valence-electron chi connectivity index (χ0n) is 14.0. The molecule has 0 amide bonds. The van der Waals surface area contributed by atoms with Crippen LogP contribution in [0.1, 0.15) is 52.4 Å². The first-order chi connectivity index (χ1) is 10.6. The van der Waals surface area contributed by atoms with Gasteiger partial charge in [0.25, 0.3) is 0 Å². The number of hydrogen-bond acceptors (Lipinski definition) is 3. The van der Waals surface area contributed by atoms with Gasteiger partial charge >= 0.3 is 0 Å². The molecule has 1 saturated heterocycles. The lowest BCUT2D eigenvalue weighted by Crippen LogP contribution is -2.24. The molecule has 3 nitrogen and oxygen atoms in total. The van der Waals surface area contributed by atoms with Crippen LogP contribution in [0, 0.1) is 17.8 Å². The maximum Gasteiger partial charge on any atom is 0.157 e. The monoisotopic (exact) mass is 306 g/mol. The van der Waals surface area contributed by atoms with Gasteiger partial charge in [-0.15, -0.1) is 0 Å². The van der Waals surface area contributed by atoms with E-state index < -0.39 is 0 Å². The molecular formula is C19H30O3. The number of ether oxygens (including phenoxy) is 2. The van der Waals surface area contributed by atoms with Gasteiger partial charge in [-0.25, -0.2) is 0 Å². The largest absolute Gasteiger partial charge is 0.353 e. The molecule has 0 N–H and O–H groups in total. The highest BCUT2D eigenvalue weighted by Gasteiger charge is 2.17. The SMILES string of the molecule is CC(C)C1C=CC(COC2CCCCO2)CC=CC(=O)CC1. The molecule has 0 radical (unpaired) electrons. The van der Waals surface area contributed by atoms with Crippen LogP contribution in [0.25, 0.3) is 0 Å². The summed E-state index contributed by atoms with van der Waals surface area (Å²) < 4.78 is 11.5. The lowest BCUT2D eigenvalue weighted by Gasteiger charge is -2.25. The molecule has 0 aromatic heterocycles. The van der Waals surface area contributed by atoms with Crippen molar-refractivity contribution in [3.63, 3.8) is 0 Å². The standard InChI is InChI=1S/C19H30O3/c1-15(2)17-10-9-16(6-5-7-18(20)12-11-17)14-22-19-8-3-4-13-21-19/h5,7,9-10,15-17,19H,3-4,6,8,11-14H2,1-2H3. The van der Waals surface area contributed by atoms with Gasteiger partial charge in [0, 0.05) is 18.9 Å². The zero-order chi connectivity index (χ0) is 15.8. The van der Waals surface area contributed by atoms with Crippen LogP contribution < -0.4 is 0 Å². The molecule has 0 bridgehead atoms. The van der Waals surface area contributed by atoms with Crippen LogP contribution >= 0.6 is 0 Å². The van der Waals surface area contributed by atoms with E-state index in [1.54, 1.807) is 6.08 Å². The van der Waals surface area contributed by atoms with Crippen molar-refractivity contribution in [2.45, 2.75) is 58.7 Å². The maximum atomic E-state index is 11.8. The van der Waals surface area contributed by atoms with E-state index in [0.717, 1.165) is 32.3 Å². The molecule has 0 aromatic rings. The van der Waals surface area contributed by atoms with E-state index in [9.17, 15) is 4.79 Å². The molecule has 3 heteroatoms. The molecule has 1 heterocycles. The van der Waals surface area contributed by atoms with E-state index in [0.29, 0.717) is 30.8 Å². The minimum absolute atomic E-state index is 0.0379. The second-order valence-electron chi connectivity index (χ2n) is 6.83. The highest BCUT2D eigenvalue weighted by molar-refractivity contribution is 5.89. The van der Waals surface area contributed by atoms with E-state index in [1.165, 1.54) is 6.42 Å². The Bertz CT molecular complexity index is 391. The molecule has 3 atom stereocenters. The first kappa shape index (κ1) is 17.4. The van der Waals surface area contributed by atoms with Gasteiger partial charge in [-0.1, -0.05) is 32.1 Å². The molecule has 22 heavy (non-hydrogen) atoms. The highest BCUT2D eigenvalue weighted by Crippen LogP contribution is 2.23. The number of rotatable bonds is 4. The summed E-state index contributed by atoms with van der Waals surface area (Å²) in [7, 11) is 0. The average Bonchev–Trinajstić information content (AvgIpc) is 2.52. The first-order valence-electron chi connectivity index (χ1n) is 8.76. The summed E-state index contributed by atoms with van der Waals surface area (Å²) in [4.78, 5) is 11.8. The second kappa shape index (κ2) is 9.26. The van der Waals surface area contributed by atoms with E-state index in [4.69, 9.17) is 9.47 Å². The number of ketones is 1. The van der Waals surface area contributed by atoms with Crippen LogP contribution in [0.2, 0.25) is 0 Å². The molecular weight excluding hydrogens is 276 g/mol. The van der Waals surface area contributed by atoms with Crippen molar-refractivity contribution in [3.05, 3.63) is 24.3 Å². The Labute approximate surface area is 134 Å². The summed E-state index contributed by atoms with van der Waals surface area (Å²) in [6, 6.07) is 0. The predicted molar refractivity (Wildman–Crippen MR) is 88.5 cm³/mol. The number of hydrogen-bond donors (Lipinski definition) is 0. The van der Waals surface area contributed by atoms with Crippen LogP contribution in [0.3, 0.4) is 0 Å². The molecule has 2 rings (SSSR count). The Balaban J connectivity index is 1.92. The minimum atomic E-state index is -0.0379. The van der Waals surface area contributed by atoms with Crippen molar-refractivity contribution in [1.29, 1.82) is 0 Å². The zero-order valence-corrected chi connectivity index (χ0v) is 14.0. The smallest absolute Gasteiger partial charge is 0.157 e. The van der Waals surface area contributed by atoms with E-state index in [2.05, 4.69) is 26.0 Å². The summed E-state index contributed by atoms with van der Waals surface area (Å²) in [5.74, 6) is 1.62. The van der Waals surface area contributed by atoms with E-state index in [-0.39, 0.29) is 12.1 Å². The maximum absolute atomic E-state index is 11.8.